The van der Waals surface area contributed by atoms with Crippen molar-refractivity contribution in [1.82, 2.24) is 0 Å². The number of ether oxygens (including phenoxy) is 2. The van der Waals surface area contributed by atoms with E-state index >= 15 is 0 Å². The summed E-state index contributed by atoms with van der Waals surface area (Å²) in [6, 6.07) is 6.29. The fraction of sp³-hybridized carbons (Fsp3) is 0.625. The van der Waals surface area contributed by atoms with E-state index in [1.54, 1.807) is 0 Å². The van der Waals surface area contributed by atoms with Gasteiger partial charge in [-0.2, -0.15) is 0 Å². The minimum Gasteiger partial charge on any atom is -0.490 e. The van der Waals surface area contributed by atoms with Gasteiger partial charge in [0.25, 0.3) is 0 Å². The van der Waals surface area contributed by atoms with Crippen molar-refractivity contribution in [2.45, 2.75) is 44.4 Å². The van der Waals surface area contributed by atoms with E-state index < -0.39 is 0 Å². The van der Waals surface area contributed by atoms with Crippen molar-refractivity contribution in [3.63, 3.8) is 0 Å². The first-order valence-corrected chi connectivity index (χ1v) is 8.19. The van der Waals surface area contributed by atoms with Gasteiger partial charge in [0.15, 0.2) is 11.5 Å². The van der Waals surface area contributed by atoms with Gasteiger partial charge in [0, 0.05) is 4.83 Å². The highest BCUT2D eigenvalue weighted by atomic mass is 79.9. The van der Waals surface area contributed by atoms with Crippen molar-refractivity contribution in [2.75, 3.05) is 13.2 Å². The third-order valence-corrected chi connectivity index (χ3v) is 4.60. The molecule has 106 valence electrons. The minimum absolute atomic E-state index is 0.424. The van der Waals surface area contributed by atoms with Gasteiger partial charge in [0.2, 0.25) is 0 Å². The summed E-state index contributed by atoms with van der Waals surface area (Å²) in [5, 5.41) is 0. The largest absolute Gasteiger partial charge is 0.490 e. The van der Waals surface area contributed by atoms with E-state index in [4.69, 9.17) is 9.47 Å². The van der Waals surface area contributed by atoms with Crippen LogP contribution in [-0.4, -0.2) is 13.2 Å². The topological polar surface area (TPSA) is 18.5 Å². The molecular weight excluding hydrogens is 304 g/mol. The maximum atomic E-state index is 5.68. The second kappa shape index (κ2) is 7.18. The summed E-state index contributed by atoms with van der Waals surface area (Å²) in [5.41, 5.74) is 1.29. The maximum Gasteiger partial charge on any atom is 0.161 e. The van der Waals surface area contributed by atoms with Crippen LogP contribution in [0.1, 0.15) is 49.9 Å². The average Bonchev–Trinajstić information content (AvgIpc) is 2.36. The van der Waals surface area contributed by atoms with E-state index in [0.29, 0.717) is 18.0 Å². The van der Waals surface area contributed by atoms with E-state index in [2.05, 4.69) is 28.1 Å². The molecule has 0 heterocycles. The van der Waals surface area contributed by atoms with Crippen LogP contribution in [0.4, 0.5) is 0 Å². The van der Waals surface area contributed by atoms with Crippen LogP contribution in [0.15, 0.2) is 18.2 Å². The molecule has 1 aromatic rings. The maximum absolute atomic E-state index is 5.68. The van der Waals surface area contributed by atoms with Gasteiger partial charge in [0.1, 0.15) is 0 Å². The van der Waals surface area contributed by atoms with E-state index in [1.807, 2.05) is 19.9 Å². The van der Waals surface area contributed by atoms with Gasteiger partial charge in [-0.1, -0.05) is 41.3 Å². The zero-order valence-electron chi connectivity index (χ0n) is 11.8. The van der Waals surface area contributed by atoms with Crippen LogP contribution < -0.4 is 9.47 Å². The van der Waals surface area contributed by atoms with Crippen LogP contribution in [0.5, 0.6) is 11.5 Å². The Morgan fingerprint density at radius 2 is 1.84 bits per heavy atom. The molecule has 0 bridgehead atoms. The first-order chi connectivity index (χ1) is 9.24. The molecule has 1 aliphatic carbocycles. The lowest BCUT2D eigenvalue weighted by atomic mass is 9.81. The Morgan fingerprint density at radius 1 is 1.16 bits per heavy atom. The molecule has 2 nitrogen and oxygen atoms in total. The van der Waals surface area contributed by atoms with Crippen molar-refractivity contribution in [3.05, 3.63) is 23.8 Å². The Hall–Kier alpha value is -0.700. The Bertz CT molecular complexity index is 402. The Morgan fingerprint density at radius 3 is 2.42 bits per heavy atom. The molecule has 1 fully saturated rings. The predicted octanol–water partition coefficient (Wildman–Crippen LogP) is 5.11. The molecule has 0 spiro atoms. The first kappa shape index (κ1) is 14.7. The van der Waals surface area contributed by atoms with Crippen LogP contribution in [-0.2, 0) is 0 Å². The molecule has 0 radical (unpaired) electrons. The Kier molecular flexibility index (Phi) is 5.56. The van der Waals surface area contributed by atoms with Gasteiger partial charge >= 0.3 is 0 Å². The first-order valence-electron chi connectivity index (χ1n) is 7.28. The van der Waals surface area contributed by atoms with Gasteiger partial charge in [-0.15, -0.1) is 0 Å². The van der Waals surface area contributed by atoms with Crippen molar-refractivity contribution >= 4 is 15.9 Å². The predicted molar refractivity (Wildman–Crippen MR) is 82.4 cm³/mol. The molecule has 1 saturated carbocycles. The quantitative estimate of drug-likeness (QED) is 0.648. The van der Waals surface area contributed by atoms with Gasteiger partial charge in [0.05, 0.1) is 13.2 Å². The van der Waals surface area contributed by atoms with E-state index in [9.17, 15) is 0 Å². The molecule has 1 atom stereocenters. The molecule has 2 rings (SSSR count). The van der Waals surface area contributed by atoms with E-state index in [0.717, 1.165) is 17.4 Å². The summed E-state index contributed by atoms with van der Waals surface area (Å²) in [4.78, 5) is 0.424. The van der Waals surface area contributed by atoms with Crippen molar-refractivity contribution in [1.29, 1.82) is 0 Å². The highest BCUT2D eigenvalue weighted by Crippen LogP contribution is 2.40. The van der Waals surface area contributed by atoms with Crippen molar-refractivity contribution in [3.8, 4) is 11.5 Å². The lowest BCUT2D eigenvalue weighted by molar-refractivity contribution is 0.285. The van der Waals surface area contributed by atoms with Gasteiger partial charge < -0.3 is 9.47 Å². The molecular formula is C16H23BrO2. The number of halogens is 1. The summed E-state index contributed by atoms with van der Waals surface area (Å²) in [6.45, 7) is 5.33. The smallest absolute Gasteiger partial charge is 0.161 e. The number of alkyl halides is 1. The number of hydrogen-bond donors (Lipinski definition) is 0. The molecule has 0 amide bonds. The van der Waals surface area contributed by atoms with Crippen molar-refractivity contribution < 1.29 is 9.47 Å². The Balaban J connectivity index is 2.08. The summed E-state index contributed by atoms with van der Waals surface area (Å²) < 4.78 is 11.3. The van der Waals surface area contributed by atoms with Crippen LogP contribution in [0.3, 0.4) is 0 Å². The standard InChI is InChI=1S/C16H23BrO2/c1-3-18-15-9-8-13(11-16(15)19-4-2)14(17)10-12-6-5-7-12/h8-9,11-12,14H,3-7,10H2,1-2H3. The second-order valence-electron chi connectivity index (χ2n) is 5.07. The monoisotopic (exact) mass is 326 g/mol. The summed E-state index contributed by atoms with van der Waals surface area (Å²) in [6.07, 6.45) is 5.40. The van der Waals surface area contributed by atoms with Crippen LogP contribution in [0, 0.1) is 5.92 Å². The molecule has 3 heteroatoms. The van der Waals surface area contributed by atoms with Crippen LogP contribution in [0.2, 0.25) is 0 Å². The molecule has 1 aliphatic rings. The molecule has 0 aromatic heterocycles. The fourth-order valence-electron chi connectivity index (χ4n) is 2.42. The Labute approximate surface area is 124 Å². The van der Waals surface area contributed by atoms with Gasteiger partial charge in [-0.3, -0.25) is 0 Å². The molecule has 0 saturated heterocycles. The lowest BCUT2D eigenvalue weighted by Crippen LogP contribution is -2.12. The normalized spacial score (nSPS) is 16.8. The van der Waals surface area contributed by atoms with Crippen LogP contribution >= 0.6 is 15.9 Å². The summed E-state index contributed by atoms with van der Waals surface area (Å²) in [7, 11) is 0. The third kappa shape index (κ3) is 3.88. The molecule has 1 unspecified atom stereocenters. The number of rotatable bonds is 7. The highest BCUT2D eigenvalue weighted by molar-refractivity contribution is 9.09. The summed E-state index contributed by atoms with van der Waals surface area (Å²) in [5.74, 6) is 2.60. The van der Waals surface area contributed by atoms with Gasteiger partial charge in [-0.05, 0) is 43.9 Å². The average molecular weight is 327 g/mol. The molecule has 1 aromatic carbocycles. The van der Waals surface area contributed by atoms with E-state index in [1.165, 1.54) is 31.2 Å². The zero-order valence-corrected chi connectivity index (χ0v) is 13.4. The number of hydrogen-bond acceptors (Lipinski definition) is 2. The van der Waals surface area contributed by atoms with Gasteiger partial charge in [-0.25, -0.2) is 0 Å². The number of benzene rings is 1. The van der Waals surface area contributed by atoms with Crippen LogP contribution in [0.25, 0.3) is 0 Å². The van der Waals surface area contributed by atoms with E-state index in [-0.39, 0.29) is 0 Å². The zero-order chi connectivity index (χ0) is 13.7. The second-order valence-corrected chi connectivity index (χ2v) is 6.18. The third-order valence-electron chi connectivity index (χ3n) is 3.69. The molecule has 0 aliphatic heterocycles. The lowest BCUT2D eigenvalue weighted by Gasteiger charge is -2.27. The molecule has 19 heavy (non-hydrogen) atoms. The molecule has 0 N–H and O–H groups in total. The fourth-order valence-corrected chi connectivity index (χ4v) is 3.23. The highest BCUT2D eigenvalue weighted by Gasteiger charge is 2.22. The minimum atomic E-state index is 0.424. The SMILES string of the molecule is CCOc1ccc(C(Br)CC2CCC2)cc1OCC. The summed E-state index contributed by atoms with van der Waals surface area (Å²) >= 11 is 3.81. The van der Waals surface area contributed by atoms with Crippen molar-refractivity contribution in [2.24, 2.45) is 5.92 Å².